The van der Waals surface area contributed by atoms with Crippen LogP contribution in [0.5, 0.6) is 5.75 Å². The van der Waals surface area contributed by atoms with Gasteiger partial charge in [-0.25, -0.2) is 0 Å². The highest BCUT2D eigenvalue weighted by molar-refractivity contribution is 6.31. The molecule has 0 saturated heterocycles. The van der Waals surface area contributed by atoms with Gasteiger partial charge in [-0.15, -0.1) is 0 Å². The molecule has 0 radical (unpaired) electrons. The first-order valence-corrected chi connectivity index (χ1v) is 6.85. The van der Waals surface area contributed by atoms with E-state index < -0.39 is 0 Å². The van der Waals surface area contributed by atoms with Gasteiger partial charge >= 0.3 is 0 Å². The lowest BCUT2D eigenvalue weighted by atomic mass is 9.89. The molecule has 0 bridgehead atoms. The van der Waals surface area contributed by atoms with Crippen LogP contribution in [-0.2, 0) is 0 Å². The van der Waals surface area contributed by atoms with Crippen molar-refractivity contribution in [2.75, 3.05) is 7.11 Å². The minimum atomic E-state index is 0.467. The van der Waals surface area contributed by atoms with Crippen LogP contribution in [0.3, 0.4) is 0 Å². The molecule has 0 spiro atoms. The van der Waals surface area contributed by atoms with Crippen molar-refractivity contribution in [1.29, 1.82) is 0 Å². The standard InChI is InChI=1S/C17H19ClO/c1-11(2)17-12(3)9-14(18)10-16(17)13-5-7-15(19-4)8-6-13/h5-11H,1-4H3. The van der Waals surface area contributed by atoms with E-state index in [1.807, 2.05) is 24.3 Å². The summed E-state index contributed by atoms with van der Waals surface area (Å²) in [6.45, 7) is 6.54. The van der Waals surface area contributed by atoms with Gasteiger partial charge in [0.1, 0.15) is 5.75 Å². The third-order valence-electron chi connectivity index (χ3n) is 3.33. The van der Waals surface area contributed by atoms with Crippen molar-refractivity contribution < 1.29 is 4.74 Å². The molecule has 0 atom stereocenters. The second-order valence-corrected chi connectivity index (χ2v) is 5.50. The highest BCUT2D eigenvalue weighted by Crippen LogP contribution is 2.35. The summed E-state index contributed by atoms with van der Waals surface area (Å²) in [5.41, 5.74) is 4.99. The summed E-state index contributed by atoms with van der Waals surface area (Å²) < 4.78 is 5.20. The summed E-state index contributed by atoms with van der Waals surface area (Å²) in [6.07, 6.45) is 0. The van der Waals surface area contributed by atoms with Crippen molar-refractivity contribution in [3.63, 3.8) is 0 Å². The Morgan fingerprint density at radius 2 is 1.68 bits per heavy atom. The topological polar surface area (TPSA) is 9.23 Å². The average Bonchev–Trinajstić information content (AvgIpc) is 2.37. The lowest BCUT2D eigenvalue weighted by Gasteiger charge is -2.17. The average molecular weight is 275 g/mol. The number of benzene rings is 2. The number of hydrogen-bond acceptors (Lipinski definition) is 1. The maximum absolute atomic E-state index is 6.21. The summed E-state index contributed by atoms with van der Waals surface area (Å²) in [6, 6.07) is 12.2. The van der Waals surface area contributed by atoms with Crippen LogP contribution in [0.2, 0.25) is 5.02 Å². The Morgan fingerprint density at radius 3 is 2.21 bits per heavy atom. The number of halogens is 1. The SMILES string of the molecule is COc1ccc(-c2cc(Cl)cc(C)c2C(C)C)cc1. The lowest BCUT2D eigenvalue weighted by Crippen LogP contribution is -1.97. The van der Waals surface area contributed by atoms with E-state index >= 15 is 0 Å². The van der Waals surface area contributed by atoms with E-state index in [-0.39, 0.29) is 0 Å². The van der Waals surface area contributed by atoms with Crippen LogP contribution in [0.1, 0.15) is 30.9 Å². The van der Waals surface area contributed by atoms with Gasteiger partial charge in [-0.3, -0.25) is 0 Å². The molecule has 0 aromatic heterocycles. The Labute approximate surface area is 120 Å². The van der Waals surface area contributed by atoms with Crippen molar-refractivity contribution in [3.05, 3.63) is 52.5 Å². The second-order valence-electron chi connectivity index (χ2n) is 5.07. The molecule has 0 fully saturated rings. The first-order valence-electron chi connectivity index (χ1n) is 6.47. The molecule has 1 nitrogen and oxygen atoms in total. The van der Waals surface area contributed by atoms with E-state index in [2.05, 4.69) is 32.9 Å². The van der Waals surface area contributed by atoms with Gasteiger partial charge in [-0.05, 0) is 59.4 Å². The molecule has 0 saturated carbocycles. The van der Waals surface area contributed by atoms with Gasteiger partial charge in [0, 0.05) is 5.02 Å². The van der Waals surface area contributed by atoms with Crippen LogP contribution in [0.15, 0.2) is 36.4 Å². The van der Waals surface area contributed by atoms with E-state index in [9.17, 15) is 0 Å². The van der Waals surface area contributed by atoms with Crippen LogP contribution < -0.4 is 4.74 Å². The summed E-state index contributed by atoms with van der Waals surface area (Å²) in [5, 5.41) is 0.785. The predicted octanol–water partition coefficient (Wildman–Crippen LogP) is 5.45. The maximum atomic E-state index is 6.21. The third kappa shape index (κ3) is 2.93. The number of methoxy groups -OCH3 is 1. The fourth-order valence-electron chi connectivity index (χ4n) is 2.53. The molecule has 2 heteroatoms. The molecule has 0 amide bonds. The second kappa shape index (κ2) is 5.66. The van der Waals surface area contributed by atoms with Crippen LogP contribution in [0, 0.1) is 6.92 Å². The summed E-state index contributed by atoms with van der Waals surface area (Å²) in [4.78, 5) is 0. The Kier molecular flexibility index (Phi) is 4.16. The largest absolute Gasteiger partial charge is 0.497 e. The van der Waals surface area contributed by atoms with E-state index in [1.165, 1.54) is 22.3 Å². The van der Waals surface area contributed by atoms with Crippen molar-refractivity contribution >= 4 is 11.6 Å². The third-order valence-corrected chi connectivity index (χ3v) is 3.55. The lowest BCUT2D eigenvalue weighted by molar-refractivity contribution is 0.415. The summed E-state index contributed by atoms with van der Waals surface area (Å²) >= 11 is 6.21. The Bertz CT molecular complexity index is 571. The Morgan fingerprint density at radius 1 is 1.05 bits per heavy atom. The summed E-state index contributed by atoms with van der Waals surface area (Å²) in [7, 11) is 1.68. The first-order chi connectivity index (χ1) is 9.02. The molecule has 0 aliphatic heterocycles. The first kappa shape index (κ1) is 14.0. The summed E-state index contributed by atoms with van der Waals surface area (Å²) in [5.74, 6) is 1.34. The molecule has 0 unspecified atom stereocenters. The van der Waals surface area contributed by atoms with Gasteiger partial charge in [-0.2, -0.15) is 0 Å². The van der Waals surface area contributed by atoms with Gasteiger partial charge in [-0.1, -0.05) is 37.6 Å². The van der Waals surface area contributed by atoms with Gasteiger partial charge in [0.25, 0.3) is 0 Å². The van der Waals surface area contributed by atoms with Crippen molar-refractivity contribution in [2.24, 2.45) is 0 Å². The van der Waals surface area contributed by atoms with Crippen LogP contribution in [0.4, 0.5) is 0 Å². The van der Waals surface area contributed by atoms with Gasteiger partial charge in [0.15, 0.2) is 0 Å². The molecular weight excluding hydrogens is 256 g/mol. The van der Waals surface area contributed by atoms with Crippen molar-refractivity contribution in [1.82, 2.24) is 0 Å². The zero-order valence-corrected chi connectivity index (χ0v) is 12.6. The van der Waals surface area contributed by atoms with E-state index in [4.69, 9.17) is 16.3 Å². The minimum absolute atomic E-state index is 0.467. The monoisotopic (exact) mass is 274 g/mol. The van der Waals surface area contributed by atoms with Gasteiger partial charge in [0.05, 0.1) is 7.11 Å². The fraction of sp³-hybridized carbons (Fsp3) is 0.294. The number of hydrogen-bond donors (Lipinski definition) is 0. The zero-order chi connectivity index (χ0) is 14.0. The normalized spacial score (nSPS) is 10.8. The number of ether oxygens (including phenoxy) is 1. The van der Waals surface area contributed by atoms with E-state index in [0.29, 0.717) is 5.92 Å². The highest BCUT2D eigenvalue weighted by atomic mass is 35.5. The molecule has 2 rings (SSSR count). The molecular formula is C17H19ClO. The number of aryl methyl sites for hydroxylation is 1. The van der Waals surface area contributed by atoms with Crippen LogP contribution in [0.25, 0.3) is 11.1 Å². The van der Waals surface area contributed by atoms with Gasteiger partial charge in [0.2, 0.25) is 0 Å². The Hall–Kier alpha value is -1.47. The van der Waals surface area contributed by atoms with Crippen LogP contribution >= 0.6 is 11.6 Å². The molecule has 0 aliphatic carbocycles. The van der Waals surface area contributed by atoms with Crippen molar-refractivity contribution in [3.8, 4) is 16.9 Å². The Balaban J connectivity index is 2.59. The van der Waals surface area contributed by atoms with E-state index in [1.54, 1.807) is 7.11 Å². The molecule has 0 N–H and O–H groups in total. The van der Waals surface area contributed by atoms with E-state index in [0.717, 1.165) is 10.8 Å². The molecule has 0 aliphatic rings. The molecule has 19 heavy (non-hydrogen) atoms. The van der Waals surface area contributed by atoms with Crippen molar-refractivity contribution in [2.45, 2.75) is 26.7 Å². The molecule has 100 valence electrons. The molecule has 2 aromatic rings. The van der Waals surface area contributed by atoms with Gasteiger partial charge < -0.3 is 4.74 Å². The minimum Gasteiger partial charge on any atom is -0.497 e. The predicted molar refractivity (Wildman–Crippen MR) is 82.3 cm³/mol. The maximum Gasteiger partial charge on any atom is 0.118 e. The highest BCUT2D eigenvalue weighted by Gasteiger charge is 2.12. The molecule has 2 aromatic carbocycles. The molecule has 0 heterocycles. The number of rotatable bonds is 3. The fourth-order valence-corrected chi connectivity index (χ4v) is 2.80. The zero-order valence-electron chi connectivity index (χ0n) is 11.8. The smallest absolute Gasteiger partial charge is 0.118 e. The van der Waals surface area contributed by atoms with Crippen LogP contribution in [-0.4, -0.2) is 7.11 Å². The quantitative estimate of drug-likeness (QED) is 0.723.